The summed E-state index contributed by atoms with van der Waals surface area (Å²) in [6.07, 6.45) is 0. The fraction of sp³-hybridized carbons (Fsp3) is 0.182. The van der Waals surface area contributed by atoms with E-state index in [1.54, 1.807) is 0 Å². The van der Waals surface area contributed by atoms with Crippen molar-refractivity contribution in [2.45, 2.75) is 26.2 Å². The molecular formula is C22H20. The van der Waals surface area contributed by atoms with Crippen LogP contribution >= 0.6 is 0 Å². The van der Waals surface area contributed by atoms with E-state index < -0.39 is 0 Å². The molecule has 3 aromatic carbocycles. The summed E-state index contributed by atoms with van der Waals surface area (Å²) in [7, 11) is 0. The number of hydrogen-bond donors (Lipinski definition) is 0. The van der Waals surface area contributed by atoms with Gasteiger partial charge in [0.1, 0.15) is 0 Å². The molecule has 0 saturated heterocycles. The highest BCUT2D eigenvalue weighted by Crippen LogP contribution is 2.52. The van der Waals surface area contributed by atoms with E-state index in [9.17, 15) is 0 Å². The van der Waals surface area contributed by atoms with Gasteiger partial charge >= 0.3 is 0 Å². The molecule has 22 heavy (non-hydrogen) atoms. The molecule has 3 aromatic rings. The smallest absolute Gasteiger partial charge is 0.00203 e. The van der Waals surface area contributed by atoms with Gasteiger partial charge in [-0.05, 0) is 44.4 Å². The molecule has 0 heterocycles. The predicted molar refractivity (Wildman–Crippen MR) is 95.0 cm³/mol. The average Bonchev–Trinajstić information content (AvgIpc) is 2.51. The molecule has 0 radical (unpaired) electrons. The minimum atomic E-state index is 0.141. The van der Waals surface area contributed by atoms with Gasteiger partial charge in [0, 0.05) is 0 Å². The van der Waals surface area contributed by atoms with Gasteiger partial charge in [-0.2, -0.15) is 0 Å². The van der Waals surface area contributed by atoms with Crippen LogP contribution < -0.4 is 0 Å². The van der Waals surface area contributed by atoms with Crippen LogP contribution in [0.3, 0.4) is 0 Å². The van der Waals surface area contributed by atoms with Crippen LogP contribution in [0.25, 0.3) is 33.4 Å². The van der Waals surface area contributed by atoms with Gasteiger partial charge in [-0.1, -0.05) is 87.5 Å². The number of hydrogen-bond acceptors (Lipinski definition) is 0. The summed E-state index contributed by atoms with van der Waals surface area (Å²) < 4.78 is 0. The Bertz CT molecular complexity index is 863. The molecule has 0 heteroatoms. The predicted octanol–water partition coefficient (Wildman–Crippen LogP) is 6.30. The van der Waals surface area contributed by atoms with Gasteiger partial charge in [-0.25, -0.2) is 0 Å². The second kappa shape index (κ2) is 4.58. The first-order valence-electron chi connectivity index (χ1n) is 7.90. The van der Waals surface area contributed by atoms with Crippen molar-refractivity contribution >= 4 is 0 Å². The largest absolute Gasteiger partial charge is 0.0619 e. The standard InChI is InChI=1S/C22H20/c1-22(2,3)20-14-7-6-10-16(20)19-13-8-12-18-15-9-4-5-11-17(15)21(18)19/h4-14H,1-3H3. The Labute approximate surface area is 132 Å². The third kappa shape index (κ3) is 1.84. The zero-order chi connectivity index (χ0) is 15.3. The first-order chi connectivity index (χ1) is 10.6. The molecule has 4 rings (SSSR count). The lowest BCUT2D eigenvalue weighted by atomic mass is 9.74. The molecule has 0 aliphatic heterocycles. The zero-order valence-corrected chi connectivity index (χ0v) is 13.4. The van der Waals surface area contributed by atoms with Crippen LogP contribution in [0.1, 0.15) is 26.3 Å². The highest BCUT2D eigenvalue weighted by Gasteiger charge is 2.27. The highest BCUT2D eigenvalue weighted by molar-refractivity contribution is 6.08. The average molecular weight is 284 g/mol. The van der Waals surface area contributed by atoms with Crippen molar-refractivity contribution in [3.8, 4) is 33.4 Å². The first-order valence-corrected chi connectivity index (χ1v) is 7.90. The van der Waals surface area contributed by atoms with Gasteiger partial charge in [0.15, 0.2) is 0 Å². The van der Waals surface area contributed by atoms with Gasteiger partial charge in [0.25, 0.3) is 0 Å². The number of fused-ring (bicyclic) bond motifs is 4. The second-order valence-electron chi connectivity index (χ2n) is 7.07. The van der Waals surface area contributed by atoms with Crippen LogP contribution in [0.4, 0.5) is 0 Å². The summed E-state index contributed by atoms with van der Waals surface area (Å²) >= 11 is 0. The molecule has 0 unspecified atom stereocenters. The van der Waals surface area contributed by atoms with E-state index in [0.717, 1.165) is 0 Å². The minimum Gasteiger partial charge on any atom is -0.0619 e. The monoisotopic (exact) mass is 284 g/mol. The van der Waals surface area contributed by atoms with E-state index in [-0.39, 0.29) is 5.41 Å². The summed E-state index contributed by atoms with van der Waals surface area (Å²) in [6.45, 7) is 6.86. The molecule has 0 aromatic heterocycles. The van der Waals surface area contributed by atoms with Gasteiger partial charge < -0.3 is 0 Å². The molecule has 0 fully saturated rings. The van der Waals surface area contributed by atoms with Crippen molar-refractivity contribution in [1.29, 1.82) is 0 Å². The lowest BCUT2D eigenvalue weighted by Gasteiger charge is -2.29. The summed E-state index contributed by atoms with van der Waals surface area (Å²) in [5, 5.41) is 0. The summed E-state index contributed by atoms with van der Waals surface area (Å²) in [4.78, 5) is 0. The van der Waals surface area contributed by atoms with Crippen LogP contribution in [0, 0.1) is 0 Å². The SMILES string of the molecule is CC(C)(C)c1ccccc1-c1cccc2c1-c1ccccc1-2. The minimum absolute atomic E-state index is 0.141. The van der Waals surface area contributed by atoms with Crippen LogP contribution in [0.2, 0.25) is 0 Å². The Hall–Kier alpha value is -2.34. The third-order valence-electron chi connectivity index (χ3n) is 4.58. The van der Waals surface area contributed by atoms with Crippen LogP contribution in [-0.2, 0) is 5.41 Å². The lowest BCUT2D eigenvalue weighted by molar-refractivity contribution is 0.592. The topological polar surface area (TPSA) is 0 Å². The van der Waals surface area contributed by atoms with E-state index in [2.05, 4.69) is 87.5 Å². The van der Waals surface area contributed by atoms with Crippen molar-refractivity contribution in [3.05, 3.63) is 72.3 Å². The molecule has 1 aliphatic rings. The van der Waals surface area contributed by atoms with Crippen molar-refractivity contribution in [2.75, 3.05) is 0 Å². The Balaban J connectivity index is 1.97. The Morgan fingerprint density at radius 3 is 1.68 bits per heavy atom. The van der Waals surface area contributed by atoms with E-state index in [1.165, 1.54) is 38.9 Å². The molecule has 1 aliphatic carbocycles. The summed E-state index contributed by atoms with van der Waals surface area (Å²) in [5.41, 5.74) is 9.84. The molecule has 0 spiro atoms. The quantitative estimate of drug-likeness (QED) is 0.385. The molecular weight excluding hydrogens is 264 g/mol. The lowest BCUT2D eigenvalue weighted by Crippen LogP contribution is -2.13. The van der Waals surface area contributed by atoms with Crippen LogP contribution in [-0.4, -0.2) is 0 Å². The molecule has 0 N–H and O–H groups in total. The van der Waals surface area contributed by atoms with Gasteiger partial charge in [-0.15, -0.1) is 0 Å². The summed E-state index contributed by atoms with van der Waals surface area (Å²) in [6, 6.07) is 24.2. The van der Waals surface area contributed by atoms with Crippen molar-refractivity contribution < 1.29 is 0 Å². The van der Waals surface area contributed by atoms with Gasteiger partial charge in [-0.3, -0.25) is 0 Å². The maximum Gasteiger partial charge on any atom is -0.00203 e. The Kier molecular flexibility index (Phi) is 2.77. The molecule has 0 atom stereocenters. The maximum atomic E-state index is 2.29. The molecule has 0 nitrogen and oxygen atoms in total. The van der Waals surface area contributed by atoms with Gasteiger partial charge in [0.05, 0.1) is 0 Å². The fourth-order valence-corrected chi connectivity index (χ4v) is 3.54. The van der Waals surface area contributed by atoms with Crippen LogP contribution in [0.5, 0.6) is 0 Å². The first kappa shape index (κ1) is 13.3. The molecule has 108 valence electrons. The van der Waals surface area contributed by atoms with E-state index in [1.807, 2.05) is 0 Å². The normalized spacial score (nSPS) is 12.3. The van der Waals surface area contributed by atoms with Crippen LogP contribution in [0.15, 0.2) is 66.7 Å². The molecule has 0 saturated carbocycles. The maximum absolute atomic E-state index is 2.29. The fourth-order valence-electron chi connectivity index (χ4n) is 3.54. The van der Waals surface area contributed by atoms with E-state index in [0.29, 0.717) is 0 Å². The summed E-state index contributed by atoms with van der Waals surface area (Å²) in [5.74, 6) is 0. The zero-order valence-electron chi connectivity index (χ0n) is 13.4. The van der Waals surface area contributed by atoms with Crippen molar-refractivity contribution in [3.63, 3.8) is 0 Å². The van der Waals surface area contributed by atoms with E-state index >= 15 is 0 Å². The number of rotatable bonds is 1. The van der Waals surface area contributed by atoms with Crippen molar-refractivity contribution in [1.82, 2.24) is 0 Å². The molecule has 0 amide bonds. The van der Waals surface area contributed by atoms with E-state index in [4.69, 9.17) is 0 Å². The molecule has 0 bridgehead atoms. The highest BCUT2D eigenvalue weighted by atomic mass is 14.3. The third-order valence-corrected chi connectivity index (χ3v) is 4.58. The van der Waals surface area contributed by atoms with Gasteiger partial charge in [0.2, 0.25) is 0 Å². The second-order valence-corrected chi connectivity index (χ2v) is 7.07. The van der Waals surface area contributed by atoms with Crippen molar-refractivity contribution in [2.24, 2.45) is 0 Å². The Morgan fingerprint density at radius 1 is 0.500 bits per heavy atom. The Morgan fingerprint density at radius 2 is 1.00 bits per heavy atom. The number of benzene rings is 3.